The van der Waals surface area contributed by atoms with E-state index in [9.17, 15) is 14.7 Å². The third kappa shape index (κ3) is 4.24. The van der Waals surface area contributed by atoms with Crippen LogP contribution in [0.15, 0.2) is 59.7 Å². The number of carbonyl (C=O) groups excluding carboxylic acids is 2. The smallest absolute Gasteiger partial charge is 0.329 e. The number of anilines is 1. The molecule has 3 aromatic carbocycles. The van der Waals surface area contributed by atoms with Crippen molar-refractivity contribution in [2.24, 2.45) is 5.10 Å². The molecule has 0 heterocycles. The van der Waals surface area contributed by atoms with E-state index >= 15 is 0 Å². The number of amides is 2. The van der Waals surface area contributed by atoms with Crippen LogP contribution in [0, 0.1) is 6.92 Å². The van der Waals surface area contributed by atoms with Gasteiger partial charge in [-0.3, -0.25) is 9.59 Å². The Kier molecular flexibility index (Phi) is 5.38. The van der Waals surface area contributed by atoms with Gasteiger partial charge in [-0.2, -0.15) is 5.10 Å². The van der Waals surface area contributed by atoms with E-state index in [1.54, 1.807) is 37.3 Å². The number of halogens is 1. The van der Waals surface area contributed by atoms with Crippen LogP contribution in [0.1, 0.15) is 11.1 Å². The fourth-order valence-corrected chi connectivity index (χ4v) is 2.71. The molecule has 3 aromatic rings. The van der Waals surface area contributed by atoms with Gasteiger partial charge in [0.2, 0.25) is 0 Å². The summed E-state index contributed by atoms with van der Waals surface area (Å²) in [4.78, 5) is 24.0. The van der Waals surface area contributed by atoms with E-state index in [0.29, 0.717) is 16.3 Å². The number of carbonyl (C=O) groups is 2. The Balaban J connectivity index is 1.71. The number of benzene rings is 3. The van der Waals surface area contributed by atoms with Gasteiger partial charge in [-0.15, -0.1) is 0 Å². The summed E-state index contributed by atoms with van der Waals surface area (Å²) in [6.07, 6.45) is 1.30. The molecule has 0 atom stereocenters. The van der Waals surface area contributed by atoms with E-state index in [0.717, 1.165) is 16.3 Å². The average molecular weight is 382 g/mol. The molecule has 0 aromatic heterocycles. The second-order valence-electron chi connectivity index (χ2n) is 5.83. The highest BCUT2D eigenvalue weighted by Crippen LogP contribution is 2.25. The number of hydrazone groups is 1. The molecule has 3 rings (SSSR count). The monoisotopic (exact) mass is 381 g/mol. The number of hydrogen-bond acceptors (Lipinski definition) is 4. The number of rotatable bonds is 3. The summed E-state index contributed by atoms with van der Waals surface area (Å²) in [6.45, 7) is 1.78. The van der Waals surface area contributed by atoms with Crippen molar-refractivity contribution in [2.45, 2.75) is 6.92 Å². The minimum absolute atomic E-state index is 0.0192. The van der Waals surface area contributed by atoms with Crippen molar-refractivity contribution < 1.29 is 14.7 Å². The molecule has 0 aliphatic heterocycles. The number of hydrogen-bond donors (Lipinski definition) is 3. The Hall–Kier alpha value is -3.38. The van der Waals surface area contributed by atoms with Gasteiger partial charge in [0.25, 0.3) is 0 Å². The number of phenols is 1. The molecule has 136 valence electrons. The summed E-state index contributed by atoms with van der Waals surface area (Å²) in [5, 5.41) is 18.4. The Morgan fingerprint density at radius 1 is 1.07 bits per heavy atom. The van der Waals surface area contributed by atoms with Crippen molar-refractivity contribution in [3.8, 4) is 5.75 Å². The Morgan fingerprint density at radius 3 is 2.67 bits per heavy atom. The number of nitrogens with one attached hydrogen (secondary N) is 2. The van der Waals surface area contributed by atoms with Crippen LogP contribution in [0.3, 0.4) is 0 Å². The molecule has 6 nitrogen and oxygen atoms in total. The maximum absolute atomic E-state index is 12.0. The molecule has 2 amide bonds. The van der Waals surface area contributed by atoms with E-state index in [2.05, 4.69) is 15.8 Å². The van der Waals surface area contributed by atoms with Gasteiger partial charge < -0.3 is 10.4 Å². The van der Waals surface area contributed by atoms with Crippen LogP contribution in [-0.2, 0) is 9.59 Å². The number of phenolic OH excluding ortho intramolecular Hbond substituents is 1. The van der Waals surface area contributed by atoms with Gasteiger partial charge in [-0.25, -0.2) is 5.43 Å². The number of aryl methyl sites for hydroxylation is 1. The Labute approximate surface area is 160 Å². The molecule has 3 N–H and O–H groups in total. The first kappa shape index (κ1) is 18.4. The summed E-state index contributed by atoms with van der Waals surface area (Å²) in [5.74, 6) is -1.80. The van der Waals surface area contributed by atoms with Gasteiger partial charge in [0, 0.05) is 16.3 Å². The summed E-state index contributed by atoms with van der Waals surface area (Å²) in [5.41, 5.74) is 3.81. The average Bonchev–Trinajstić information content (AvgIpc) is 2.66. The quantitative estimate of drug-likeness (QED) is 0.368. The zero-order valence-corrected chi connectivity index (χ0v) is 15.1. The van der Waals surface area contributed by atoms with Crippen molar-refractivity contribution in [1.29, 1.82) is 0 Å². The normalized spacial score (nSPS) is 10.9. The largest absolute Gasteiger partial charge is 0.507 e. The SMILES string of the molecule is Cc1ccc(Cl)cc1NC(=O)C(=O)N/N=C\c1c(O)ccc2ccccc12. The lowest BCUT2D eigenvalue weighted by Crippen LogP contribution is -2.32. The van der Waals surface area contributed by atoms with Gasteiger partial charge in [-0.05, 0) is 41.5 Å². The van der Waals surface area contributed by atoms with Crippen molar-refractivity contribution in [1.82, 2.24) is 5.43 Å². The van der Waals surface area contributed by atoms with Crippen LogP contribution in [0.25, 0.3) is 10.8 Å². The molecule has 27 heavy (non-hydrogen) atoms. The van der Waals surface area contributed by atoms with Crippen molar-refractivity contribution in [3.63, 3.8) is 0 Å². The predicted molar refractivity (Wildman–Crippen MR) is 106 cm³/mol. The molecule has 0 saturated carbocycles. The lowest BCUT2D eigenvalue weighted by Gasteiger charge is -2.08. The summed E-state index contributed by atoms with van der Waals surface area (Å²) in [7, 11) is 0. The van der Waals surface area contributed by atoms with Crippen LogP contribution >= 0.6 is 11.6 Å². The van der Waals surface area contributed by atoms with Gasteiger partial charge in [-0.1, -0.05) is 48.0 Å². The minimum Gasteiger partial charge on any atom is -0.507 e. The molecule has 0 fully saturated rings. The third-order valence-corrected chi connectivity index (χ3v) is 4.20. The van der Waals surface area contributed by atoms with E-state index in [4.69, 9.17) is 11.6 Å². The van der Waals surface area contributed by atoms with E-state index in [-0.39, 0.29) is 5.75 Å². The fourth-order valence-electron chi connectivity index (χ4n) is 2.53. The van der Waals surface area contributed by atoms with E-state index in [1.165, 1.54) is 6.21 Å². The van der Waals surface area contributed by atoms with Crippen LogP contribution in [0.2, 0.25) is 5.02 Å². The zero-order chi connectivity index (χ0) is 19.4. The molecule has 0 unspecified atom stereocenters. The highest BCUT2D eigenvalue weighted by atomic mass is 35.5. The second kappa shape index (κ2) is 7.88. The van der Waals surface area contributed by atoms with Crippen LogP contribution in [0.4, 0.5) is 5.69 Å². The first-order chi connectivity index (χ1) is 13.0. The topological polar surface area (TPSA) is 90.8 Å². The van der Waals surface area contributed by atoms with Crippen LogP contribution < -0.4 is 10.7 Å². The molecule has 0 spiro atoms. The minimum atomic E-state index is -0.939. The fraction of sp³-hybridized carbons (Fsp3) is 0.0500. The van der Waals surface area contributed by atoms with Crippen LogP contribution in [0.5, 0.6) is 5.75 Å². The number of fused-ring (bicyclic) bond motifs is 1. The standard InChI is InChI=1S/C20H16ClN3O3/c1-12-6-8-14(21)10-17(12)23-19(26)20(27)24-22-11-16-15-5-3-2-4-13(15)7-9-18(16)25/h2-11,25H,1H3,(H,23,26)(H,24,27)/b22-11-. The van der Waals surface area contributed by atoms with Crippen LogP contribution in [-0.4, -0.2) is 23.1 Å². The highest BCUT2D eigenvalue weighted by Gasteiger charge is 2.14. The zero-order valence-electron chi connectivity index (χ0n) is 14.4. The molecular weight excluding hydrogens is 366 g/mol. The van der Waals surface area contributed by atoms with Gasteiger partial charge in [0.1, 0.15) is 5.75 Å². The molecule has 0 aliphatic carbocycles. The van der Waals surface area contributed by atoms with Gasteiger partial charge in [0.15, 0.2) is 0 Å². The first-order valence-electron chi connectivity index (χ1n) is 8.07. The third-order valence-electron chi connectivity index (χ3n) is 3.96. The summed E-state index contributed by atoms with van der Waals surface area (Å²) < 4.78 is 0. The maximum atomic E-state index is 12.0. The molecule has 0 bridgehead atoms. The van der Waals surface area contributed by atoms with Crippen molar-refractivity contribution in [2.75, 3.05) is 5.32 Å². The molecule has 0 saturated heterocycles. The first-order valence-corrected chi connectivity index (χ1v) is 8.45. The molecular formula is C20H16ClN3O3. The summed E-state index contributed by atoms with van der Waals surface area (Å²) >= 11 is 5.89. The van der Waals surface area contributed by atoms with Crippen molar-refractivity contribution >= 4 is 46.1 Å². The maximum Gasteiger partial charge on any atom is 0.329 e. The second-order valence-corrected chi connectivity index (χ2v) is 6.27. The summed E-state index contributed by atoms with van der Waals surface area (Å²) in [6, 6.07) is 15.7. The Morgan fingerprint density at radius 2 is 1.85 bits per heavy atom. The van der Waals surface area contributed by atoms with E-state index in [1.807, 2.05) is 24.3 Å². The lowest BCUT2D eigenvalue weighted by molar-refractivity contribution is -0.136. The number of nitrogens with zero attached hydrogens (tertiary/aromatic N) is 1. The molecule has 7 heteroatoms. The van der Waals surface area contributed by atoms with E-state index < -0.39 is 11.8 Å². The van der Waals surface area contributed by atoms with Gasteiger partial charge >= 0.3 is 11.8 Å². The predicted octanol–water partition coefficient (Wildman–Crippen LogP) is 3.60. The highest BCUT2D eigenvalue weighted by molar-refractivity contribution is 6.40. The molecule has 0 aliphatic rings. The van der Waals surface area contributed by atoms with Gasteiger partial charge in [0.05, 0.1) is 6.21 Å². The molecule has 0 radical (unpaired) electrons. The van der Waals surface area contributed by atoms with Crippen molar-refractivity contribution in [3.05, 3.63) is 70.7 Å². The Bertz CT molecular complexity index is 1060. The lowest BCUT2D eigenvalue weighted by atomic mass is 10.0. The number of aromatic hydroxyl groups is 1.